The van der Waals surface area contributed by atoms with Crippen LogP contribution in [0.4, 0.5) is 5.82 Å². The first-order valence-corrected chi connectivity index (χ1v) is 9.85. The van der Waals surface area contributed by atoms with Gasteiger partial charge in [0.15, 0.2) is 11.5 Å². The number of hydrogen-bond donors (Lipinski definition) is 1. The van der Waals surface area contributed by atoms with Gasteiger partial charge in [-0.1, -0.05) is 0 Å². The maximum Gasteiger partial charge on any atom is 0.361 e. The Kier molecular flexibility index (Phi) is 5.29. The molecule has 0 bridgehead atoms. The van der Waals surface area contributed by atoms with Crippen LogP contribution in [0.2, 0.25) is 0 Å². The highest BCUT2D eigenvalue weighted by molar-refractivity contribution is 7.89. The van der Waals surface area contributed by atoms with Crippen LogP contribution in [-0.4, -0.2) is 52.3 Å². The Morgan fingerprint density at radius 3 is 2.61 bits per heavy atom. The van der Waals surface area contributed by atoms with E-state index in [2.05, 4.69) is 15.0 Å². The summed E-state index contributed by atoms with van der Waals surface area (Å²) in [6.07, 6.45) is 2.73. The molecule has 0 saturated carbocycles. The lowest BCUT2D eigenvalue weighted by Gasteiger charge is -2.11. The molecule has 0 unspecified atom stereocenters. The van der Waals surface area contributed by atoms with Crippen LogP contribution >= 0.6 is 0 Å². The Morgan fingerprint density at radius 1 is 1.25 bits per heavy atom. The number of benzene rings is 1. The van der Waals surface area contributed by atoms with Gasteiger partial charge in [-0.3, -0.25) is 0 Å². The van der Waals surface area contributed by atoms with Gasteiger partial charge < -0.3 is 15.0 Å². The summed E-state index contributed by atoms with van der Waals surface area (Å²) >= 11 is 0. The molecule has 2 aromatic heterocycles. The summed E-state index contributed by atoms with van der Waals surface area (Å²) < 4.78 is 32.9. The van der Waals surface area contributed by atoms with Crippen molar-refractivity contribution < 1.29 is 17.9 Å². The van der Waals surface area contributed by atoms with Crippen molar-refractivity contribution >= 4 is 32.8 Å². The van der Waals surface area contributed by atoms with E-state index in [-0.39, 0.29) is 23.0 Å². The van der Waals surface area contributed by atoms with Crippen LogP contribution in [-0.2, 0) is 27.9 Å². The molecule has 2 heterocycles. The standard InChI is InChI=1S/C17H20N6O4S/c1-4-23-13-6-5-11(28(25,26)22(2)3)9-12(13)21-14(23)10-27-17(24)15-16(18)20-8-7-19-15/h5-9H,4,10H2,1-3H3,(H2,18,20). The molecule has 0 saturated heterocycles. The predicted molar refractivity (Wildman–Crippen MR) is 102 cm³/mol. The van der Waals surface area contributed by atoms with Gasteiger partial charge in [-0.15, -0.1) is 0 Å². The number of sulfonamides is 1. The van der Waals surface area contributed by atoms with Crippen LogP contribution in [0.1, 0.15) is 23.2 Å². The lowest BCUT2D eigenvalue weighted by molar-refractivity contribution is 0.0452. The van der Waals surface area contributed by atoms with E-state index in [0.717, 1.165) is 9.82 Å². The molecule has 0 aliphatic heterocycles. The Labute approximate surface area is 162 Å². The Bertz CT molecular complexity index is 1140. The third kappa shape index (κ3) is 3.53. The minimum atomic E-state index is -3.58. The minimum Gasteiger partial charge on any atom is -0.453 e. The highest BCUT2D eigenvalue weighted by Crippen LogP contribution is 2.22. The lowest BCUT2D eigenvalue weighted by atomic mass is 10.3. The van der Waals surface area contributed by atoms with E-state index in [4.69, 9.17) is 10.5 Å². The van der Waals surface area contributed by atoms with Crippen molar-refractivity contribution in [2.24, 2.45) is 0 Å². The van der Waals surface area contributed by atoms with Gasteiger partial charge in [-0.25, -0.2) is 32.5 Å². The van der Waals surface area contributed by atoms with Crippen LogP contribution in [0, 0.1) is 0 Å². The van der Waals surface area contributed by atoms with Gasteiger partial charge in [0.2, 0.25) is 10.0 Å². The molecule has 0 aliphatic carbocycles. The molecule has 0 atom stereocenters. The van der Waals surface area contributed by atoms with Crippen LogP contribution in [0.15, 0.2) is 35.5 Å². The molecule has 0 spiro atoms. The van der Waals surface area contributed by atoms with E-state index in [9.17, 15) is 13.2 Å². The maximum atomic E-state index is 12.3. The largest absolute Gasteiger partial charge is 0.453 e. The Hall–Kier alpha value is -3.05. The number of esters is 1. The van der Waals surface area contributed by atoms with Crippen molar-refractivity contribution in [3.8, 4) is 0 Å². The van der Waals surface area contributed by atoms with E-state index >= 15 is 0 Å². The van der Waals surface area contributed by atoms with Crippen molar-refractivity contribution in [3.05, 3.63) is 42.1 Å². The van der Waals surface area contributed by atoms with Gasteiger partial charge in [-0.05, 0) is 25.1 Å². The number of ether oxygens (including phenoxy) is 1. The van der Waals surface area contributed by atoms with Crippen molar-refractivity contribution in [2.45, 2.75) is 25.0 Å². The summed E-state index contributed by atoms with van der Waals surface area (Å²) in [6.45, 7) is 2.36. The van der Waals surface area contributed by atoms with E-state index in [0.29, 0.717) is 17.9 Å². The molecule has 0 amide bonds. The second-order valence-corrected chi connectivity index (χ2v) is 8.23. The highest BCUT2D eigenvalue weighted by Gasteiger charge is 2.20. The summed E-state index contributed by atoms with van der Waals surface area (Å²) in [6, 6.07) is 4.72. The number of nitrogens with zero attached hydrogens (tertiary/aromatic N) is 5. The van der Waals surface area contributed by atoms with Gasteiger partial charge in [0.25, 0.3) is 0 Å². The number of hydrogen-bond acceptors (Lipinski definition) is 8. The Morgan fingerprint density at radius 2 is 1.96 bits per heavy atom. The number of nitrogen functional groups attached to an aromatic ring is 1. The van der Waals surface area contributed by atoms with Crippen molar-refractivity contribution in [3.63, 3.8) is 0 Å². The SMILES string of the molecule is CCn1c(COC(=O)c2nccnc2N)nc2cc(S(=O)(=O)N(C)C)ccc21. The first kappa shape index (κ1) is 19.7. The molecule has 2 N–H and O–H groups in total. The average Bonchev–Trinajstić information content (AvgIpc) is 3.02. The molecule has 0 fully saturated rings. The fourth-order valence-corrected chi connectivity index (χ4v) is 3.62. The monoisotopic (exact) mass is 404 g/mol. The molecule has 0 aliphatic rings. The van der Waals surface area contributed by atoms with Crippen molar-refractivity contribution in [2.75, 3.05) is 19.8 Å². The van der Waals surface area contributed by atoms with Crippen molar-refractivity contribution in [1.29, 1.82) is 0 Å². The number of nitrogens with two attached hydrogens (primary N) is 1. The first-order chi connectivity index (χ1) is 13.3. The topological polar surface area (TPSA) is 133 Å². The van der Waals surface area contributed by atoms with E-state index in [1.54, 1.807) is 6.07 Å². The summed E-state index contributed by atoms with van der Waals surface area (Å²) in [7, 11) is -0.645. The molecule has 1 aromatic carbocycles. The molecule has 10 nitrogen and oxygen atoms in total. The predicted octanol–water partition coefficient (Wildman–Crippen LogP) is 1.04. The molecule has 3 rings (SSSR count). The number of carbonyl (C=O) groups excluding carboxylic acids is 1. The minimum absolute atomic E-state index is 0.0185. The number of aromatic nitrogens is 4. The number of rotatable bonds is 6. The number of imidazole rings is 1. The lowest BCUT2D eigenvalue weighted by Crippen LogP contribution is -2.22. The van der Waals surface area contributed by atoms with Crippen LogP contribution in [0.5, 0.6) is 0 Å². The second-order valence-electron chi connectivity index (χ2n) is 6.08. The molecule has 3 aromatic rings. The fourth-order valence-electron chi connectivity index (χ4n) is 2.70. The summed E-state index contributed by atoms with van der Waals surface area (Å²) in [5, 5.41) is 0. The molecular weight excluding hydrogens is 384 g/mol. The van der Waals surface area contributed by atoms with Gasteiger partial charge in [0.1, 0.15) is 12.4 Å². The second kappa shape index (κ2) is 7.52. The third-order valence-electron chi connectivity index (χ3n) is 4.15. The normalized spacial score (nSPS) is 11.9. The quantitative estimate of drug-likeness (QED) is 0.602. The van der Waals surface area contributed by atoms with Gasteiger partial charge >= 0.3 is 5.97 Å². The third-order valence-corrected chi connectivity index (χ3v) is 5.96. The van der Waals surface area contributed by atoms with Gasteiger partial charge in [0, 0.05) is 33.0 Å². The van der Waals surface area contributed by atoms with E-state index in [1.165, 1.54) is 38.6 Å². The summed E-state index contributed by atoms with van der Waals surface area (Å²) in [5.41, 5.74) is 6.80. The van der Waals surface area contributed by atoms with E-state index < -0.39 is 16.0 Å². The zero-order valence-electron chi connectivity index (χ0n) is 15.7. The fraction of sp³-hybridized carbons (Fsp3) is 0.294. The molecular formula is C17H20N6O4S. The Balaban J connectivity index is 1.91. The highest BCUT2D eigenvalue weighted by atomic mass is 32.2. The van der Waals surface area contributed by atoms with Gasteiger partial charge in [0.05, 0.1) is 15.9 Å². The number of carbonyl (C=O) groups is 1. The molecule has 148 valence electrons. The molecule has 11 heteroatoms. The van der Waals surface area contributed by atoms with Crippen LogP contribution < -0.4 is 5.73 Å². The van der Waals surface area contributed by atoms with Crippen LogP contribution in [0.3, 0.4) is 0 Å². The molecule has 0 radical (unpaired) electrons. The van der Waals surface area contributed by atoms with Gasteiger partial charge in [-0.2, -0.15) is 0 Å². The van der Waals surface area contributed by atoms with Crippen LogP contribution in [0.25, 0.3) is 11.0 Å². The number of aryl methyl sites for hydroxylation is 1. The summed E-state index contributed by atoms with van der Waals surface area (Å²) in [4.78, 5) is 24.4. The zero-order valence-corrected chi connectivity index (χ0v) is 16.5. The zero-order chi connectivity index (χ0) is 20.5. The molecule has 28 heavy (non-hydrogen) atoms. The summed E-state index contributed by atoms with van der Waals surface area (Å²) in [5.74, 6) is -0.251. The average molecular weight is 404 g/mol. The smallest absolute Gasteiger partial charge is 0.361 e. The number of anilines is 1. The first-order valence-electron chi connectivity index (χ1n) is 8.41. The van der Waals surface area contributed by atoms with Crippen molar-refractivity contribution in [1.82, 2.24) is 23.8 Å². The number of fused-ring (bicyclic) bond motifs is 1. The van der Waals surface area contributed by atoms with E-state index in [1.807, 2.05) is 11.5 Å². The maximum absolute atomic E-state index is 12.3.